The van der Waals surface area contributed by atoms with Crippen molar-refractivity contribution in [2.24, 2.45) is 7.05 Å². The van der Waals surface area contributed by atoms with Gasteiger partial charge in [0.1, 0.15) is 28.5 Å². The number of benzene rings is 2. The van der Waals surface area contributed by atoms with Gasteiger partial charge in [0.25, 0.3) is 21.5 Å². The number of halogens is 4. The summed E-state index contributed by atoms with van der Waals surface area (Å²) in [7, 11) is -2.15. The molecule has 16 heteroatoms. The Balaban J connectivity index is 1.53. The zero-order valence-corrected chi connectivity index (χ0v) is 22.3. The first kappa shape index (κ1) is 28.3. The number of nitrogens with zero attached hydrogens (tertiary/aromatic N) is 3. The maximum atomic E-state index is 15.6. The Morgan fingerprint density at radius 1 is 1.05 bits per heavy atom. The van der Waals surface area contributed by atoms with Gasteiger partial charge in [-0.1, -0.05) is 6.07 Å². The summed E-state index contributed by atoms with van der Waals surface area (Å²) in [5, 5.41) is 8.44. The largest absolute Gasteiger partial charge is 0.480 e. The summed E-state index contributed by atoms with van der Waals surface area (Å²) in [6, 6.07) is 7.09. The van der Waals surface area contributed by atoms with Gasteiger partial charge in [0.05, 0.1) is 24.6 Å². The normalized spacial score (nSPS) is 11.5. The zero-order chi connectivity index (χ0) is 30.3. The Labute approximate surface area is 233 Å². The molecule has 216 valence electrons. The second-order valence-corrected chi connectivity index (χ2v) is 10.4. The van der Waals surface area contributed by atoms with Crippen LogP contribution in [0.4, 0.5) is 28.9 Å². The summed E-state index contributed by atoms with van der Waals surface area (Å²) in [4.78, 5) is 27.8. The molecule has 0 fully saturated rings. The lowest BCUT2D eigenvalue weighted by Gasteiger charge is -2.14. The fourth-order valence-corrected chi connectivity index (χ4v) is 5.31. The molecule has 0 bridgehead atoms. The standard InChI is InChI=1S/C26H18F4N6O5S/c1-36-9-3-4-17(26(36)38)32-24(37)23-14-6-5-13(20(29)22(14)33-34-23)19-15(28)7-8-16(21(19)30)35-42(39,40)18-10-12(27)11-31-25(18)41-2/h3-11,35H,1-2H3,(H,32,37)(H,33,34). The lowest BCUT2D eigenvalue weighted by atomic mass is 10.0. The number of sulfonamides is 1. The van der Waals surface area contributed by atoms with Gasteiger partial charge in [-0.15, -0.1) is 0 Å². The number of methoxy groups -OCH3 is 1. The number of fused-ring (bicyclic) bond motifs is 1. The van der Waals surface area contributed by atoms with E-state index in [0.29, 0.717) is 18.3 Å². The molecular formula is C26H18F4N6O5S. The maximum absolute atomic E-state index is 15.6. The van der Waals surface area contributed by atoms with E-state index in [1.54, 1.807) is 0 Å². The average Bonchev–Trinajstić information content (AvgIpc) is 3.39. The second-order valence-electron chi connectivity index (χ2n) is 8.76. The molecule has 3 aromatic heterocycles. The average molecular weight is 603 g/mol. The van der Waals surface area contributed by atoms with E-state index < -0.39 is 77.9 Å². The molecule has 5 rings (SSSR count). The van der Waals surface area contributed by atoms with Gasteiger partial charge in [-0.05, 0) is 30.3 Å². The van der Waals surface area contributed by atoms with E-state index in [9.17, 15) is 26.8 Å². The Morgan fingerprint density at radius 2 is 1.81 bits per heavy atom. The van der Waals surface area contributed by atoms with Crippen molar-refractivity contribution in [1.29, 1.82) is 0 Å². The van der Waals surface area contributed by atoms with Gasteiger partial charge in [0.2, 0.25) is 5.88 Å². The number of aromatic amines is 1. The van der Waals surface area contributed by atoms with Crippen LogP contribution in [-0.2, 0) is 17.1 Å². The molecule has 0 unspecified atom stereocenters. The van der Waals surface area contributed by atoms with Crippen molar-refractivity contribution in [2.45, 2.75) is 4.90 Å². The molecule has 1 amide bonds. The summed E-state index contributed by atoms with van der Waals surface area (Å²) >= 11 is 0. The number of amides is 1. The maximum Gasteiger partial charge on any atom is 0.274 e. The van der Waals surface area contributed by atoms with Crippen molar-refractivity contribution in [1.82, 2.24) is 19.7 Å². The van der Waals surface area contributed by atoms with Crippen molar-refractivity contribution in [2.75, 3.05) is 17.1 Å². The van der Waals surface area contributed by atoms with E-state index in [1.165, 1.54) is 36.0 Å². The predicted octanol–water partition coefficient (Wildman–Crippen LogP) is 3.94. The van der Waals surface area contributed by atoms with Crippen molar-refractivity contribution in [3.63, 3.8) is 0 Å². The summed E-state index contributed by atoms with van der Waals surface area (Å²) in [5.74, 6) is -6.31. The number of H-pyrrole nitrogens is 1. The van der Waals surface area contributed by atoms with Gasteiger partial charge < -0.3 is 14.6 Å². The topological polar surface area (TPSA) is 148 Å². The molecule has 0 aliphatic carbocycles. The van der Waals surface area contributed by atoms with Crippen LogP contribution in [0.25, 0.3) is 22.0 Å². The van der Waals surface area contributed by atoms with E-state index in [-0.39, 0.29) is 16.8 Å². The number of carbonyl (C=O) groups is 1. The fourth-order valence-electron chi connectivity index (χ4n) is 4.12. The first-order valence-corrected chi connectivity index (χ1v) is 13.3. The minimum absolute atomic E-state index is 0.0557. The molecule has 0 atom stereocenters. The van der Waals surface area contributed by atoms with Crippen LogP contribution < -0.4 is 20.3 Å². The lowest BCUT2D eigenvalue weighted by Crippen LogP contribution is -2.23. The first-order valence-electron chi connectivity index (χ1n) is 11.8. The molecule has 5 aromatic rings. The van der Waals surface area contributed by atoms with Gasteiger partial charge in [0, 0.05) is 30.3 Å². The van der Waals surface area contributed by atoms with Gasteiger partial charge in [-0.3, -0.25) is 19.4 Å². The van der Waals surface area contributed by atoms with Crippen molar-refractivity contribution >= 4 is 38.2 Å². The molecule has 11 nitrogen and oxygen atoms in total. The van der Waals surface area contributed by atoms with Crippen LogP contribution in [0.1, 0.15) is 10.5 Å². The summed E-state index contributed by atoms with van der Waals surface area (Å²) in [6.45, 7) is 0. The quantitative estimate of drug-likeness (QED) is 0.239. The summed E-state index contributed by atoms with van der Waals surface area (Å²) < 4.78 is 93.5. The number of hydrogen-bond acceptors (Lipinski definition) is 7. The van der Waals surface area contributed by atoms with E-state index >= 15 is 8.78 Å². The minimum Gasteiger partial charge on any atom is -0.480 e. The van der Waals surface area contributed by atoms with Crippen molar-refractivity contribution < 1.29 is 35.5 Å². The third-order valence-corrected chi connectivity index (χ3v) is 7.50. The SMILES string of the molecule is COc1ncc(F)cc1S(=O)(=O)Nc1ccc(F)c(-c2ccc3c(C(=O)Nc4cccn(C)c4=O)[nH]nc3c2F)c1F. The highest BCUT2D eigenvalue weighted by Gasteiger charge is 2.27. The number of pyridine rings is 2. The fraction of sp³-hybridized carbons (Fsp3) is 0.0769. The Morgan fingerprint density at radius 3 is 2.55 bits per heavy atom. The molecule has 0 aliphatic rings. The predicted molar refractivity (Wildman–Crippen MR) is 143 cm³/mol. The number of carbonyl (C=O) groups excluding carboxylic acids is 1. The molecule has 42 heavy (non-hydrogen) atoms. The number of aryl methyl sites for hydroxylation is 1. The Hall–Kier alpha value is -5.25. The molecule has 2 aromatic carbocycles. The number of ether oxygens (including phenoxy) is 1. The van der Waals surface area contributed by atoms with Crippen molar-refractivity contribution in [3.05, 3.63) is 94.2 Å². The number of nitrogens with one attached hydrogen (secondary N) is 3. The van der Waals surface area contributed by atoms with Crippen LogP contribution in [0.15, 0.2) is 64.5 Å². The van der Waals surface area contributed by atoms with Crippen LogP contribution >= 0.6 is 0 Å². The molecular weight excluding hydrogens is 584 g/mol. The summed E-state index contributed by atoms with van der Waals surface area (Å²) in [5.41, 5.74) is -3.62. The van der Waals surface area contributed by atoms with E-state index in [0.717, 1.165) is 19.2 Å². The van der Waals surface area contributed by atoms with Crippen LogP contribution in [0.3, 0.4) is 0 Å². The highest BCUT2D eigenvalue weighted by Crippen LogP contribution is 2.36. The second kappa shape index (κ2) is 10.6. The first-order chi connectivity index (χ1) is 19.9. The third-order valence-electron chi connectivity index (χ3n) is 6.14. The highest BCUT2D eigenvalue weighted by molar-refractivity contribution is 7.92. The molecule has 0 radical (unpaired) electrons. The summed E-state index contributed by atoms with van der Waals surface area (Å²) in [6.07, 6.45) is 2.19. The molecule has 3 N–H and O–H groups in total. The molecule has 0 aliphatic heterocycles. The molecule has 0 saturated carbocycles. The van der Waals surface area contributed by atoms with E-state index in [2.05, 4.69) is 20.5 Å². The van der Waals surface area contributed by atoms with Crippen molar-refractivity contribution in [3.8, 4) is 17.0 Å². The van der Waals surface area contributed by atoms with Gasteiger partial charge in [-0.2, -0.15) is 5.10 Å². The molecule has 0 spiro atoms. The number of anilines is 2. The zero-order valence-electron chi connectivity index (χ0n) is 21.5. The van der Waals surface area contributed by atoms with Crippen LogP contribution in [0.2, 0.25) is 0 Å². The Kier molecular flexibility index (Phi) is 7.15. The van der Waals surface area contributed by atoms with E-state index in [4.69, 9.17) is 4.74 Å². The lowest BCUT2D eigenvalue weighted by molar-refractivity contribution is 0.102. The molecule has 0 saturated heterocycles. The number of hydrogen-bond donors (Lipinski definition) is 3. The molecule has 3 heterocycles. The van der Waals surface area contributed by atoms with Gasteiger partial charge in [-0.25, -0.2) is 31.0 Å². The number of rotatable bonds is 7. The number of aromatic nitrogens is 4. The Bertz CT molecular complexity index is 2060. The van der Waals surface area contributed by atoms with Crippen LogP contribution in [0.5, 0.6) is 5.88 Å². The monoisotopic (exact) mass is 602 g/mol. The van der Waals surface area contributed by atoms with Crippen LogP contribution in [0, 0.1) is 23.3 Å². The smallest absolute Gasteiger partial charge is 0.274 e. The van der Waals surface area contributed by atoms with Gasteiger partial charge in [0.15, 0.2) is 16.5 Å². The minimum atomic E-state index is -4.71. The van der Waals surface area contributed by atoms with Gasteiger partial charge >= 0.3 is 0 Å². The highest BCUT2D eigenvalue weighted by atomic mass is 32.2. The van der Waals surface area contributed by atoms with Crippen LogP contribution in [-0.4, -0.2) is 41.2 Å². The van der Waals surface area contributed by atoms with E-state index in [1.807, 2.05) is 4.72 Å². The third kappa shape index (κ3) is 4.91.